The van der Waals surface area contributed by atoms with E-state index in [1.54, 1.807) is 0 Å². The molecule has 206 valence electrons. The summed E-state index contributed by atoms with van der Waals surface area (Å²) >= 11 is 0. The minimum Gasteiger partial charge on any atom is -0.387 e. The Bertz CT molecular complexity index is 771. The van der Waals surface area contributed by atoms with Gasteiger partial charge in [-0.05, 0) is 87.8 Å². The first-order chi connectivity index (χ1) is 16.2. The molecule has 2 aromatic rings. The Hall–Kier alpha value is -1.01. The summed E-state index contributed by atoms with van der Waals surface area (Å²) in [5.74, 6) is 0.754. The maximum atomic E-state index is 11.0. The van der Waals surface area contributed by atoms with Crippen molar-refractivity contribution in [1.82, 2.24) is 4.90 Å². The third kappa shape index (κ3) is 12.0. The summed E-state index contributed by atoms with van der Waals surface area (Å²) in [5, 5.41) is 14.5. The smallest absolute Gasteiger partial charge is 0.0942 e. The lowest BCUT2D eigenvalue weighted by atomic mass is 9.89. The van der Waals surface area contributed by atoms with E-state index in [1.165, 1.54) is 56.9 Å². The quantitative estimate of drug-likeness (QED) is 0.217. The molecule has 0 saturated carbocycles. The zero-order valence-electron chi connectivity index (χ0n) is 21.8. The first kappa shape index (κ1) is 35.0. The summed E-state index contributed by atoms with van der Waals surface area (Å²) in [6.07, 6.45) is 10.6. The van der Waals surface area contributed by atoms with Gasteiger partial charge in [0.15, 0.2) is 0 Å². The summed E-state index contributed by atoms with van der Waals surface area (Å²) in [7, 11) is 0. The number of nitrogens with one attached hydrogen (secondary N) is 1. The van der Waals surface area contributed by atoms with Gasteiger partial charge in [-0.3, -0.25) is 4.90 Å². The van der Waals surface area contributed by atoms with Gasteiger partial charge in [0, 0.05) is 18.3 Å². The zero-order chi connectivity index (χ0) is 23.3. The Morgan fingerprint density at radius 2 is 1.44 bits per heavy atom. The summed E-state index contributed by atoms with van der Waals surface area (Å²) < 4.78 is 0. The first-order valence-electron chi connectivity index (χ1n) is 13.2. The molecule has 0 amide bonds. The van der Waals surface area contributed by atoms with Crippen LogP contribution in [0.3, 0.4) is 0 Å². The van der Waals surface area contributed by atoms with Crippen LogP contribution >= 0.6 is 37.2 Å². The van der Waals surface area contributed by atoms with Crippen molar-refractivity contribution in [2.24, 2.45) is 11.7 Å². The van der Waals surface area contributed by atoms with Gasteiger partial charge in [-0.2, -0.15) is 0 Å². The molecule has 0 bridgehead atoms. The molecular weight excluding hydrogens is 513 g/mol. The molecule has 2 aromatic carbocycles. The molecule has 1 fully saturated rings. The second-order valence-electron chi connectivity index (χ2n) is 9.81. The van der Waals surface area contributed by atoms with E-state index >= 15 is 0 Å². The van der Waals surface area contributed by atoms with Crippen molar-refractivity contribution in [2.45, 2.75) is 76.9 Å². The second-order valence-corrected chi connectivity index (χ2v) is 9.81. The van der Waals surface area contributed by atoms with Crippen LogP contribution in [0.2, 0.25) is 0 Å². The van der Waals surface area contributed by atoms with Gasteiger partial charge in [-0.15, -0.1) is 37.2 Å². The van der Waals surface area contributed by atoms with Gasteiger partial charge in [-0.25, -0.2) is 0 Å². The predicted molar refractivity (Wildman–Crippen MR) is 162 cm³/mol. The molecule has 4 nitrogen and oxygen atoms in total. The van der Waals surface area contributed by atoms with Crippen LogP contribution in [0, 0.1) is 5.92 Å². The van der Waals surface area contributed by atoms with Gasteiger partial charge in [0.05, 0.1) is 6.10 Å². The Labute approximate surface area is 238 Å². The van der Waals surface area contributed by atoms with Gasteiger partial charge in [-0.1, -0.05) is 68.1 Å². The van der Waals surface area contributed by atoms with E-state index in [4.69, 9.17) is 5.73 Å². The molecule has 3 rings (SSSR count). The molecule has 2 atom stereocenters. The minimum absolute atomic E-state index is 0. The molecule has 36 heavy (non-hydrogen) atoms. The van der Waals surface area contributed by atoms with Crippen LogP contribution in [0.1, 0.15) is 75.5 Å². The molecule has 0 radical (unpaired) electrons. The lowest BCUT2D eigenvalue weighted by molar-refractivity contribution is 0.0373. The van der Waals surface area contributed by atoms with Crippen LogP contribution in [0.15, 0.2) is 54.6 Å². The first-order valence-corrected chi connectivity index (χ1v) is 13.2. The van der Waals surface area contributed by atoms with Crippen LogP contribution in [0.5, 0.6) is 0 Å². The Kier molecular flexibility index (Phi) is 19.5. The minimum atomic E-state index is -0.446. The fraction of sp³-hybridized carbons (Fsp3) is 0.586. The van der Waals surface area contributed by atoms with Gasteiger partial charge in [0.25, 0.3) is 0 Å². The number of hydrogen-bond donors (Lipinski definition) is 3. The number of unbranched alkanes of at least 4 members (excludes halogenated alkanes) is 5. The van der Waals surface area contributed by atoms with Crippen LogP contribution in [0.4, 0.5) is 5.69 Å². The molecule has 0 aliphatic carbocycles. The summed E-state index contributed by atoms with van der Waals surface area (Å²) in [4.78, 5) is 2.46. The zero-order valence-corrected chi connectivity index (χ0v) is 24.3. The van der Waals surface area contributed by atoms with Gasteiger partial charge >= 0.3 is 0 Å². The lowest BCUT2D eigenvalue weighted by Gasteiger charge is -2.38. The molecule has 1 saturated heterocycles. The Balaban J connectivity index is 0.00000408. The summed E-state index contributed by atoms with van der Waals surface area (Å²) in [6.45, 7) is 6.14. The third-order valence-corrected chi connectivity index (χ3v) is 7.26. The van der Waals surface area contributed by atoms with E-state index in [9.17, 15) is 5.11 Å². The number of rotatable bonds is 14. The van der Waals surface area contributed by atoms with E-state index < -0.39 is 6.10 Å². The van der Waals surface area contributed by atoms with Crippen LogP contribution < -0.4 is 11.1 Å². The molecule has 7 heteroatoms. The Morgan fingerprint density at radius 1 is 0.861 bits per heavy atom. The summed E-state index contributed by atoms with van der Waals surface area (Å²) in [5.41, 5.74) is 9.14. The molecule has 0 unspecified atom stereocenters. The van der Waals surface area contributed by atoms with Crippen molar-refractivity contribution in [3.63, 3.8) is 0 Å². The van der Waals surface area contributed by atoms with Crippen molar-refractivity contribution in [2.75, 3.05) is 31.5 Å². The number of nitrogens with zero attached hydrogens (tertiary/aromatic N) is 1. The van der Waals surface area contributed by atoms with E-state index in [0.29, 0.717) is 0 Å². The fourth-order valence-corrected chi connectivity index (χ4v) is 5.00. The van der Waals surface area contributed by atoms with Crippen LogP contribution in [-0.2, 0) is 6.42 Å². The average molecular weight is 561 g/mol. The standard InChI is InChI=1S/C29H45N3O.3ClH/c1-24(32-21-17-26(18-22-32)23-25-11-7-6-8-12-25)29(33)27-13-15-28(16-14-27)31-20-10-5-3-2-4-9-19-30;;;/h6-8,11-16,24,26,29,31,33H,2-5,9-10,17-23,30H2,1H3;3*1H/t24-,29+;;;/m1.../s1. The number of halogens is 3. The number of aliphatic hydroxyl groups excluding tert-OH is 1. The van der Waals surface area contributed by atoms with E-state index in [1.807, 2.05) is 0 Å². The number of aliphatic hydroxyl groups is 1. The number of nitrogens with two attached hydrogens (primary N) is 1. The van der Waals surface area contributed by atoms with E-state index in [2.05, 4.69) is 71.7 Å². The third-order valence-electron chi connectivity index (χ3n) is 7.26. The second kappa shape index (κ2) is 20.0. The maximum Gasteiger partial charge on any atom is 0.0942 e. The topological polar surface area (TPSA) is 61.5 Å². The van der Waals surface area contributed by atoms with E-state index in [0.717, 1.165) is 49.8 Å². The lowest BCUT2D eigenvalue weighted by Crippen LogP contribution is -2.43. The molecular formula is C29H48Cl3N3O. The van der Waals surface area contributed by atoms with Crippen molar-refractivity contribution in [3.8, 4) is 0 Å². The van der Waals surface area contributed by atoms with Gasteiger partial charge in [0.1, 0.15) is 0 Å². The monoisotopic (exact) mass is 559 g/mol. The molecule has 1 heterocycles. The predicted octanol–water partition coefficient (Wildman–Crippen LogP) is 7.04. The highest BCUT2D eigenvalue weighted by Gasteiger charge is 2.27. The van der Waals surface area contributed by atoms with Crippen molar-refractivity contribution >= 4 is 42.9 Å². The largest absolute Gasteiger partial charge is 0.387 e. The molecule has 0 spiro atoms. The van der Waals surface area contributed by atoms with Crippen LogP contribution in [0.25, 0.3) is 0 Å². The SMILES string of the molecule is C[C@H]([C@H](O)c1ccc(NCCCCCCCCN)cc1)N1CCC(Cc2ccccc2)CC1.Cl.Cl.Cl. The molecule has 1 aliphatic rings. The summed E-state index contributed by atoms with van der Waals surface area (Å²) in [6, 6.07) is 19.4. The van der Waals surface area contributed by atoms with Gasteiger partial charge < -0.3 is 16.2 Å². The number of piperidine rings is 1. The Morgan fingerprint density at radius 3 is 2.06 bits per heavy atom. The molecule has 0 aromatic heterocycles. The number of benzene rings is 2. The van der Waals surface area contributed by atoms with E-state index in [-0.39, 0.29) is 43.3 Å². The number of hydrogen-bond acceptors (Lipinski definition) is 4. The fourth-order valence-electron chi connectivity index (χ4n) is 5.00. The van der Waals surface area contributed by atoms with Crippen LogP contribution in [-0.4, -0.2) is 42.2 Å². The highest BCUT2D eigenvalue weighted by molar-refractivity contribution is 5.86. The van der Waals surface area contributed by atoms with Crippen molar-refractivity contribution in [1.29, 1.82) is 0 Å². The number of likely N-dealkylation sites (tertiary alicyclic amines) is 1. The molecule has 4 N–H and O–H groups in total. The maximum absolute atomic E-state index is 11.0. The molecule has 1 aliphatic heterocycles. The normalized spacial score (nSPS) is 15.6. The van der Waals surface area contributed by atoms with Crippen molar-refractivity contribution < 1.29 is 5.11 Å². The van der Waals surface area contributed by atoms with Crippen molar-refractivity contribution in [3.05, 3.63) is 65.7 Å². The van der Waals surface area contributed by atoms with Gasteiger partial charge in [0.2, 0.25) is 0 Å². The number of anilines is 1. The average Bonchev–Trinajstić information content (AvgIpc) is 2.86. The highest BCUT2D eigenvalue weighted by Crippen LogP contribution is 2.28. The highest BCUT2D eigenvalue weighted by atomic mass is 35.5.